The number of hydrogen-bond acceptors (Lipinski definition) is 6. The van der Waals surface area contributed by atoms with Gasteiger partial charge in [-0.2, -0.15) is 0 Å². The Kier molecular flexibility index (Phi) is 6.56. The lowest BCUT2D eigenvalue weighted by molar-refractivity contribution is 0.0951. The number of benzene rings is 2. The van der Waals surface area contributed by atoms with Crippen molar-refractivity contribution in [2.45, 2.75) is 6.54 Å². The largest absolute Gasteiger partial charge is 0.436 e. The summed E-state index contributed by atoms with van der Waals surface area (Å²) < 4.78 is 12.4. The van der Waals surface area contributed by atoms with Crippen LogP contribution < -0.4 is 15.0 Å². The molecule has 1 aliphatic heterocycles. The van der Waals surface area contributed by atoms with E-state index in [0.29, 0.717) is 42.8 Å². The van der Waals surface area contributed by atoms with Gasteiger partial charge in [-0.05, 0) is 42.0 Å². The number of hydrogen-bond donors (Lipinski definition) is 1. The number of morpholine rings is 1. The lowest BCUT2D eigenvalue weighted by Gasteiger charge is -2.28. The monoisotopic (exact) mass is 468 g/mol. The molecule has 0 aliphatic carbocycles. The van der Waals surface area contributed by atoms with Gasteiger partial charge in [-0.25, -0.2) is 9.97 Å². The number of ether oxygens (including phenoxy) is 2. The molecule has 1 aliphatic rings. The van der Waals surface area contributed by atoms with Crippen LogP contribution in [0.3, 0.4) is 0 Å². The Hall–Kier alpha value is -2.97. The van der Waals surface area contributed by atoms with E-state index < -0.39 is 0 Å². The predicted octanol–water partition coefficient (Wildman–Crippen LogP) is 3.80. The highest BCUT2D eigenvalue weighted by atomic mass is 79.9. The fourth-order valence-corrected chi connectivity index (χ4v) is 3.32. The number of amides is 1. The number of anilines is 1. The van der Waals surface area contributed by atoms with E-state index in [1.165, 1.54) is 0 Å². The zero-order valence-corrected chi connectivity index (χ0v) is 17.8. The van der Waals surface area contributed by atoms with Crippen molar-refractivity contribution in [3.63, 3.8) is 0 Å². The summed E-state index contributed by atoms with van der Waals surface area (Å²) in [7, 11) is 0. The van der Waals surface area contributed by atoms with E-state index in [1.54, 1.807) is 36.7 Å². The van der Waals surface area contributed by atoms with Crippen molar-refractivity contribution < 1.29 is 14.3 Å². The average Bonchev–Trinajstić information content (AvgIpc) is 2.80. The number of nitrogens with zero attached hydrogens (tertiary/aromatic N) is 3. The van der Waals surface area contributed by atoms with Crippen LogP contribution in [-0.2, 0) is 11.3 Å². The van der Waals surface area contributed by atoms with Gasteiger partial charge in [-0.15, -0.1) is 0 Å². The van der Waals surface area contributed by atoms with Crippen molar-refractivity contribution in [1.29, 1.82) is 0 Å². The van der Waals surface area contributed by atoms with Crippen molar-refractivity contribution in [2.24, 2.45) is 0 Å². The molecule has 0 spiro atoms. The van der Waals surface area contributed by atoms with Crippen LogP contribution in [0.25, 0.3) is 0 Å². The van der Waals surface area contributed by atoms with E-state index in [4.69, 9.17) is 9.47 Å². The molecule has 7 nitrogen and oxygen atoms in total. The Balaban J connectivity index is 1.39. The number of carbonyl (C=O) groups is 1. The summed E-state index contributed by atoms with van der Waals surface area (Å²) in [5.41, 5.74) is 1.59. The van der Waals surface area contributed by atoms with Crippen LogP contribution in [0.5, 0.6) is 11.6 Å². The second kappa shape index (κ2) is 9.69. The fraction of sp³-hybridized carbons (Fsp3) is 0.227. The first kappa shape index (κ1) is 20.3. The Morgan fingerprint density at radius 3 is 2.47 bits per heavy atom. The molecule has 3 aromatic rings. The summed E-state index contributed by atoms with van der Waals surface area (Å²) in [6, 6.07) is 14.8. The standard InChI is InChI=1S/C22H21BrN4O3/c23-18-5-1-16(2-6-18)15-26-21(28)17-3-7-19(8-4-17)30-22-20(24-9-10-25-22)27-11-13-29-14-12-27/h1-10H,11-15H2,(H,26,28). The highest BCUT2D eigenvalue weighted by molar-refractivity contribution is 9.10. The van der Waals surface area contributed by atoms with Gasteiger partial charge in [-0.1, -0.05) is 28.1 Å². The predicted molar refractivity (Wildman–Crippen MR) is 117 cm³/mol. The molecule has 0 radical (unpaired) electrons. The molecule has 4 rings (SSSR count). The van der Waals surface area contributed by atoms with E-state index in [1.807, 2.05) is 24.3 Å². The number of aromatic nitrogens is 2. The first-order chi connectivity index (χ1) is 14.7. The van der Waals surface area contributed by atoms with Crippen LogP contribution in [0.2, 0.25) is 0 Å². The van der Waals surface area contributed by atoms with Gasteiger partial charge in [-0.3, -0.25) is 4.79 Å². The molecule has 1 N–H and O–H groups in total. The summed E-state index contributed by atoms with van der Waals surface area (Å²) in [6.07, 6.45) is 3.25. The normalized spacial score (nSPS) is 13.7. The minimum absolute atomic E-state index is 0.141. The van der Waals surface area contributed by atoms with Gasteiger partial charge in [0.2, 0.25) is 0 Å². The van der Waals surface area contributed by atoms with Crippen molar-refractivity contribution in [2.75, 3.05) is 31.2 Å². The minimum atomic E-state index is -0.141. The number of halogens is 1. The molecule has 30 heavy (non-hydrogen) atoms. The summed E-state index contributed by atoms with van der Waals surface area (Å²) in [5.74, 6) is 1.58. The van der Waals surface area contributed by atoms with Gasteiger partial charge >= 0.3 is 0 Å². The van der Waals surface area contributed by atoms with Crippen LogP contribution in [0.1, 0.15) is 15.9 Å². The first-order valence-electron chi connectivity index (χ1n) is 9.63. The molecule has 0 bridgehead atoms. The molecule has 1 aromatic heterocycles. The van der Waals surface area contributed by atoms with Gasteiger partial charge in [0.1, 0.15) is 5.75 Å². The van der Waals surface area contributed by atoms with E-state index in [2.05, 4.69) is 36.1 Å². The molecule has 0 saturated carbocycles. The maximum absolute atomic E-state index is 12.4. The molecule has 2 aromatic carbocycles. The van der Waals surface area contributed by atoms with Gasteiger partial charge in [0, 0.05) is 42.1 Å². The number of nitrogens with one attached hydrogen (secondary N) is 1. The van der Waals surface area contributed by atoms with Crippen LogP contribution in [0, 0.1) is 0 Å². The third kappa shape index (κ3) is 5.14. The Bertz CT molecular complexity index is 990. The second-order valence-corrected chi connectivity index (χ2v) is 7.64. The van der Waals surface area contributed by atoms with E-state index >= 15 is 0 Å². The molecular weight excluding hydrogens is 448 g/mol. The van der Waals surface area contributed by atoms with E-state index in [0.717, 1.165) is 23.1 Å². The number of rotatable bonds is 6. The third-order valence-electron chi connectivity index (χ3n) is 4.65. The lowest BCUT2D eigenvalue weighted by atomic mass is 10.2. The van der Waals surface area contributed by atoms with Gasteiger partial charge < -0.3 is 19.7 Å². The fourth-order valence-electron chi connectivity index (χ4n) is 3.05. The van der Waals surface area contributed by atoms with Gasteiger partial charge in [0.05, 0.1) is 13.2 Å². The summed E-state index contributed by atoms with van der Waals surface area (Å²) in [4.78, 5) is 23.3. The molecule has 154 valence electrons. The Labute approximate surface area is 183 Å². The Morgan fingerprint density at radius 2 is 1.73 bits per heavy atom. The number of carbonyl (C=O) groups excluding carboxylic acids is 1. The maximum atomic E-state index is 12.4. The average molecular weight is 469 g/mol. The smallest absolute Gasteiger partial charge is 0.263 e. The quantitative estimate of drug-likeness (QED) is 0.592. The summed E-state index contributed by atoms with van der Waals surface area (Å²) in [5, 5.41) is 2.92. The Morgan fingerprint density at radius 1 is 1.03 bits per heavy atom. The topological polar surface area (TPSA) is 76.6 Å². The zero-order valence-electron chi connectivity index (χ0n) is 16.3. The van der Waals surface area contributed by atoms with Crippen LogP contribution in [-0.4, -0.2) is 42.2 Å². The van der Waals surface area contributed by atoms with Gasteiger partial charge in [0.25, 0.3) is 11.8 Å². The molecular formula is C22H21BrN4O3. The molecule has 2 heterocycles. The molecule has 8 heteroatoms. The van der Waals surface area contributed by atoms with Gasteiger partial charge in [0.15, 0.2) is 5.82 Å². The van der Waals surface area contributed by atoms with Crippen molar-refractivity contribution in [3.8, 4) is 11.6 Å². The second-order valence-electron chi connectivity index (χ2n) is 6.72. The summed E-state index contributed by atoms with van der Waals surface area (Å²) >= 11 is 3.40. The van der Waals surface area contributed by atoms with Crippen LogP contribution in [0.15, 0.2) is 65.4 Å². The van der Waals surface area contributed by atoms with Crippen molar-refractivity contribution >= 4 is 27.7 Å². The maximum Gasteiger partial charge on any atom is 0.263 e. The van der Waals surface area contributed by atoms with E-state index in [9.17, 15) is 4.79 Å². The highest BCUT2D eigenvalue weighted by Gasteiger charge is 2.18. The van der Waals surface area contributed by atoms with Crippen molar-refractivity contribution in [1.82, 2.24) is 15.3 Å². The van der Waals surface area contributed by atoms with Crippen LogP contribution >= 0.6 is 15.9 Å². The van der Waals surface area contributed by atoms with Crippen LogP contribution in [0.4, 0.5) is 5.82 Å². The molecule has 1 fully saturated rings. The minimum Gasteiger partial charge on any atom is -0.436 e. The van der Waals surface area contributed by atoms with Crippen molar-refractivity contribution in [3.05, 3.63) is 76.5 Å². The highest BCUT2D eigenvalue weighted by Crippen LogP contribution is 2.28. The molecule has 0 unspecified atom stereocenters. The van der Waals surface area contributed by atoms with E-state index in [-0.39, 0.29) is 5.91 Å². The molecule has 1 amide bonds. The third-order valence-corrected chi connectivity index (χ3v) is 5.18. The summed E-state index contributed by atoms with van der Waals surface area (Å²) in [6.45, 7) is 3.26. The molecule has 0 atom stereocenters. The molecule has 1 saturated heterocycles. The SMILES string of the molecule is O=C(NCc1ccc(Br)cc1)c1ccc(Oc2nccnc2N2CCOCC2)cc1. The zero-order chi connectivity index (χ0) is 20.8. The lowest BCUT2D eigenvalue weighted by Crippen LogP contribution is -2.37. The first-order valence-corrected chi connectivity index (χ1v) is 10.4.